The molecule has 0 unspecified atom stereocenters. The minimum atomic E-state index is -2.56. The molecule has 0 bridgehead atoms. The lowest BCUT2D eigenvalue weighted by Gasteiger charge is -2.28. The Balaban J connectivity index is 1.49. The molecule has 4 rings (SSSR count). The van der Waals surface area contributed by atoms with Crippen molar-refractivity contribution in [3.8, 4) is 0 Å². The third-order valence-electron chi connectivity index (χ3n) is 6.34. The van der Waals surface area contributed by atoms with Crippen LogP contribution in [0, 0.1) is 5.92 Å². The van der Waals surface area contributed by atoms with E-state index in [9.17, 15) is 13.6 Å². The summed E-state index contributed by atoms with van der Waals surface area (Å²) in [6.07, 6.45) is 1.69. The quantitative estimate of drug-likeness (QED) is 0.736. The number of aromatic nitrogens is 1. The molecule has 2 fully saturated rings. The van der Waals surface area contributed by atoms with E-state index in [1.54, 1.807) is 6.07 Å². The number of alkyl halides is 2. The Bertz CT molecular complexity index is 929. The van der Waals surface area contributed by atoms with Crippen LogP contribution < -0.4 is 15.5 Å². The van der Waals surface area contributed by atoms with Gasteiger partial charge in [-0.15, -0.1) is 0 Å². The number of nitrogens with zero attached hydrogens (tertiary/aromatic N) is 2. The maximum atomic E-state index is 13.3. The molecule has 2 aliphatic rings. The minimum Gasteiger partial charge on any atom is -0.355 e. The molecule has 8 heteroatoms. The van der Waals surface area contributed by atoms with E-state index in [2.05, 4.69) is 15.5 Å². The third kappa shape index (κ3) is 4.52. The number of amides is 1. The first-order chi connectivity index (χ1) is 14.4. The number of carbonyl (C=O) groups excluding carboxylic acids is 1. The first-order valence-electron chi connectivity index (χ1n) is 10.5. The number of rotatable bonds is 5. The van der Waals surface area contributed by atoms with E-state index in [1.165, 1.54) is 0 Å². The van der Waals surface area contributed by atoms with Crippen LogP contribution in [0.4, 0.5) is 14.6 Å². The van der Waals surface area contributed by atoms with Crippen LogP contribution in [0.1, 0.15) is 42.5 Å². The van der Waals surface area contributed by atoms with Gasteiger partial charge in [0.15, 0.2) is 0 Å². The average molecular weight is 437 g/mol. The van der Waals surface area contributed by atoms with Gasteiger partial charge in [-0.25, -0.2) is 13.8 Å². The highest BCUT2D eigenvalue weighted by atomic mass is 35.5. The van der Waals surface area contributed by atoms with Gasteiger partial charge in [0, 0.05) is 43.9 Å². The Labute approximate surface area is 180 Å². The second-order valence-electron chi connectivity index (χ2n) is 8.39. The Morgan fingerprint density at radius 1 is 1.23 bits per heavy atom. The number of hydrogen-bond donors (Lipinski definition) is 2. The molecule has 2 aromatic rings. The number of likely N-dealkylation sites (N-methyl/N-ethyl adjacent to an activating group) is 1. The molecule has 1 amide bonds. The summed E-state index contributed by atoms with van der Waals surface area (Å²) < 4.78 is 26.7. The zero-order chi connectivity index (χ0) is 21.3. The van der Waals surface area contributed by atoms with E-state index < -0.39 is 5.92 Å². The van der Waals surface area contributed by atoms with Gasteiger partial charge in [0.2, 0.25) is 5.92 Å². The fraction of sp³-hybridized carbons (Fsp3) is 0.545. The molecule has 5 nitrogen and oxygen atoms in total. The summed E-state index contributed by atoms with van der Waals surface area (Å²) in [6.45, 7) is 2.22. The summed E-state index contributed by atoms with van der Waals surface area (Å²) >= 11 is 6.36. The van der Waals surface area contributed by atoms with Crippen LogP contribution in [0.5, 0.6) is 0 Å². The molecular formula is C22H27ClF2N4O. The van der Waals surface area contributed by atoms with Crippen molar-refractivity contribution in [2.75, 3.05) is 31.6 Å². The molecule has 2 N–H and O–H groups in total. The van der Waals surface area contributed by atoms with Gasteiger partial charge < -0.3 is 15.5 Å². The lowest BCUT2D eigenvalue weighted by atomic mass is 9.87. The number of benzene rings is 1. The van der Waals surface area contributed by atoms with Crippen LogP contribution in [-0.4, -0.2) is 49.5 Å². The molecule has 2 heterocycles. The van der Waals surface area contributed by atoms with Crippen molar-refractivity contribution < 1.29 is 13.6 Å². The normalized spacial score (nSPS) is 21.9. The average Bonchev–Trinajstić information content (AvgIpc) is 3.22. The van der Waals surface area contributed by atoms with Gasteiger partial charge in [-0.3, -0.25) is 4.79 Å². The molecule has 162 valence electrons. The van der Waals surface area contributed by atoms with Gasteiger partial charge in [0.1, 0.15) is 5.82 Å². The number of anilines is 1. The van der Waals surface area contributed by atoms with Gasteiger partial charge in [0.25, 0.3) is 5.91 Å². The highest BCUT2D eigenvalue weighted by Crippen LogP contribution is 2.36. The van der Waals surface area contributed by atoms with Crippen molar-refractivity contribution in [2.24, 2.45) is 5.92 Å². The second kappa shape index (κ2) is 8.63. The van der Waals surface area contributed by atoms with E-state index in [0.29, 0.717) is 46.9 Å². The topological polar surface area (TPSA) is 57.3 Å². The van der Waals surface area contributed by atoms with E-state index in [-0.39, 0.29) is 24.7 Å². The SMILES string of the molecule is CN[C@@H]1CCN(c2ccc3c(C(=O)NCC4CCC(F)(F)CC4)c(Cl)ccc3n2)C1. The molecule has 30 heavy (non-hydrogen) atoms. The van der Waals surface area contributed by atoms with Crippen molar-refractivity contribution >= 4 is 34.2 Å². The van der Waals surface area contributed by atoms with E-state index in [0.717, 1.165) is 25.3 Å². The van der Waals surface area contributed by atoms with E-state index in [1.807, 2.05) is 25.2 Å². The molecular weight excluding hydrogens is 410 g/mol. The molecule has 1 saturated carbocycles. The van der Waals surface area contributed by atoms with Gasteiger partial charge >= 0.3 is 0 Å². The molecule has 1 saturated heterocycles. The Morgan fingerprint density at radius 3 is 2.70 bits per heavy atom. The van der Waals surface area contributed by atoms with Crippen molar-refractivity contribution in [2.45, 2.75) is 44.1 Å². The smallest absolute Gasteiger partial charge is 0.253 e. The Morgan fingerprint density at radius 2 is 2.00 bits per heavy atom. The fourth-order valence-electron chi connectivity index (χ4n) is 4.41. The number of halogens is 3. The lowest BCUT2D eigenvalue weighted by Crippen LogP contribution is -2.34. The molecule has 0 spiro atoms. The Kier molecular flexibility index (Phi) is 6.11. The predicted octanol–water partition coefficient (Wildman–Crippen LogP) is 4.24. The lowest BCUT2D eigenvalue weighted by molar-refractivity contribution is -0.0452. The number of nitrogens with one attached hydrogen (secondary N) is 2. The van der Waals surface area contributed by atoms with Gasteiger partial charge in [-0.1, -0.05) is 11.6 Å². The molecule has 1 atom stereocenters. The molecule has 1 aromatic carbocycles. The summed E-state index contributed by atoms with van der Waals surface area (Å²) in [5.74, 6) is -1.89. The van der Waals surface area contributed by atoms with Crippen LogP contribution in [0.3, 0.4) is 0 Å². The number of hydrogen-bond acceptors (Lipinski definition) is 4. The maximum absolute atomic E-state index is 13.3. The molecule has 1 aromatic heterocycles. The largest absolute Gasteiger partial charge is 0.355 e. The van der Waals surface area contributed by atoms with Crippen molar-refractivity contribution in [1.29, 1.82) is 0 Å². The number of fused-ring (bicyclic) bond motifs is 1. The number of carbonyl (C=O) groups is 1. The molecule has 1 aliphatic heterocycles. The summed E-state index contributed by atoms with van der Waals surface area (Å²) in [5, 5.41) is 7.25. The van der Waals surface area contributed by atoms with Crippen LogP contribution in [0.15, 0.2) is 24.3 Å². The standard InChI is InChI=1S/C22H27ClF2N4O/c1-26-15-8-11-29(13-15)19-5-2-16-18(28-19)4-3-17(23)20(16)21(30)27-12-14-6-9-22(24,25)10-7-14/h2-5,14-15,26H,6-13H2,1H3,(H,27,30)/t15-/m1/s1. The van der Waals surface area contributed by atoms with Crippen LogP contribution in [0.25, 0.3) is 10.9 Å². The summed E-state index contributed by atoms with van der Waals surface area (Å²) in [6, 6.07) is 7.79. The van der Waals surface area contributed by atoms with E-state index >= 15 is 0 Å². The first-order valence-corrected chi connectivity index (χ1v) is 10.9. The van der Waals surface area contributed by atoms with Crippen LogP contribution in [-0.2, 0) is 0 Å². The van der Waals surface area contributed by atoms with Gasteiger partial charge in [-0.2, -0.15) is 0 Å². The Hall–Kier alpha value is -1.99. The van der Waals surface area contributed by atoms with Crippen LogP contribution in [0.2, 0.25) is 5.02 Å². The summed E-state index contributed by atoms with van der Waals surface area (Å²) in [4.78, 5) is 19.9. The summed E-state index contributed by atoms with van der Waals surface area (Å²) in [5.41, 5.74) is 1.11. The predicted molar refractivity (Wildman–Crippen MR) is 116 cm³/mol. The van der Waals surface area contributed by atoms with E-state index in [4.69, 9.17) is 16.6 Å². The molecule has 1 aliphatic carbocycles. The van der Waals surface area contributed by atoms with Gasteiger partial charge in [0.05, 0.1) is 16.1 Å². The van der Waals surface area contributed by atoms with Crippen LogP contribution >= 0.6 is 11.6 Å². The minimum absolute atomic E-state index is 0.0716. The van der Waals surface area contributed by atoms with Crippen molar-refractivity contribution in [3.05, 3.63) is 34.9 Å². The highest BCUT2D eigenvalue weighted by molar-refractivity contribution is 6.35. The van der Waals surface area contributed by atoms with Gasteiger partial charge in [-0.05, 0) is 56.5 Å². The number of pyridine rings is 1. The maximum Gasteiger partial charge on any atom is 0.253 e. The zero-order valence-corrected chi connectivity index (χ0v) is 17.8. The second-order valence-corrected chi connectivity index (χ2v) is 8.80. The fourth-order valence-corrected chi connectivity index (χ4v) is 4.66. The monoisotopic (exact) mass is 436 g/mol. The third-order valence-corrected chi connectivity index (χ3v) is 6.66. The highest BCUT2D eigenvalue weighted by Gasteiger charge is 2.35. The molecule has 0 radical (unpaired) electrons. The van der Waals surface area contributed by atoms with Crippen molar-refractivity contribution in [3.63, 3.8) is 0 Å². The first kappa shape index (κ1) is 21.2. The summed E-state index contributed by atoms with van der Waals surface area (Å²) in [7, 11) is 1.97. The van der Waals surface area contributed by atoms with Crippen molar-refractivity contribution in [1.82, 2.24) is 15.6 Å². The zero-order valence-electron chi connectivity index (χ0n) is 17.1.